The molecule has 1 amide bonds. The topological polar surface area (TPSA) is 67.4 Å². The van der Waals surface area contributed by atoms with Crippen LogP contribution in [-0.4, -0.2) is 29.0 Å². The molecule has 0 radical (unpaired) electrons. The van der Waals surface area contributed by atoms with Gasteiger partial charge in [-0.25, -0.2) is 9.97 Å². The summed E-state index contributed by atoms with van der Waals surface area (Å²) in [6.45, 7) is 9.69. The minimum absolute atomic E-state index is 0.0378. The minimum atomic E-state index is -0.109. The van der Waals surface area contributed by atoms with Crippen LogP contribution >= 0.6 is 0 Å². The fraction of sp³-hybridized carbons (Fsp3) is 0.370. The molecule has 172 valence electrons. The van der Waals surface area contributed by atoms with Gasteiger partial charge in [0.25, 0.3) is 5.88 Å². The Morgan fingerprint density at radius 2 is 1.82 bits per heavy atom. The zero-order valence-electron chi connectivity index (χ0n) is 19.8. The zero-order chi connectivity index (χ0) is 23.4. The Labute approximate surface area is 196 Å². The van der Waals surface area contributed by atoms with Gasteiger partial charge >= 0.3 is 0 Å². The fourth-order valence-electron chi connectivity index (χ4n) is 4.16. The summed E-state index contributed by atoms with van der Waals surface area (Å²) in [4.78, 5) is 24.2. The molecule has 3 aromatic rings. The van der Waals surface area contributed by atoms with E-state index in [9.17, 15) is 4.79 Å². The first kappa shape index (κ1) is 22.8. The van der Waals surface area contributed by atoms with Gasteiger partial charge in [0.1, 0.15) is 5.75 Å². The molecule has 1 N–H and O–H groups in total. The Hall–Kier alpha value is -3.41. The molecule has 6 nitrogen and oxygen atoms in total. The second-order valence-electron chi connectivity index (χ2n) is 8.96. The highest BCUT2D eigenvalue weighted by atomic mass is 16.5. The highest BCUT2D eigenvalue weighted by Gasteiger charge is 2.29. The highest BCUT2D eigenvalue weighted by molar-refractivity contribution is 5.80. The van der Waals surface area contributed by atoms with Crippen molar-refractivity contribution in [3.8, 4) is 11.6 Å². The summed E-state index contributed by atoms with van der Waals surface area (Å²) in [5.41, 5.74) is 4.79. The average Bonchev–Trinajstić information content (AvgIpc) is 2.82. The molecule has 1 aromatic heterocycles. The molecule has 0 unspecified atom stereocenters. The Morgan fingerprint density at radius 3 is 2.58 bits per heavy atom. The average molecular weight is 445 g/mol. The predicted molar refractivity (Wildman–Crippen MR) is 131 cm³/mol. The van der Waals surface area contributed by atoms with E-state index in [-0.39, 0.29) is 17.9 Å². The van der Waals surface area contributed by atoms with Gasteiger partial charge in [-0.3, -0.25) is 4.79 Å². The molecule has 2 heterocycles. The Bertz CT molecular complexity index is 1110. The Balaban J connectivity index is 1.44. The summed E-state index contributed by atoms with van der Waals surface area (Å²) >= 11 is 0. The third-order valence-corrected chi connectivity index (χ3v) is 6.36. The van der Waals surface area contributed by atoms with Gasteiger partial charge in [0.15, 0.2) is 5.82 Å². The van der Waals surface area contributed by atoms with Crippen LogP contribution in [0.15, 0.2) is 54.9 Å². The molecule has 6 heteroatoms. The summed E-state index contributed by atoms with van der Waals surface area (Å²) < 4.78 is 6.04. The second-order valence-corrected chi connectivity index (χ2v) is 8.96. The van der Waals surface area contributed by atoms with Crippen LogP contribution in [0.1, 0.15) is 48.1 Å². The number of carbonyl (C=O) groups excluding carboxylic acids is 1. The van der Waals surface area contributed by atoms with E-state index in [1.54, 1.807) is 12.4 Å². The zero-order valence-corrected chi connectivity index (χ0v) is 19.8. The molecule has 0 bridgehead atoms. The number of anilines is 1. The molecule has 0 spiro atoms. The predicted octanol–water partition coefficient (Wildman–Crippen LogP) is 5.29. The van der Waals surface area contributed by atoms with Gasteiger partial charge in [-0.2, -0.15) is 0 Å². The Morgan fingerprint density at radius 1 is 1.06 bits per heavy atom. The van der Waals surface area contributed by atoms with Crippen LogP contribution in [0, 0.1) is 26.7 Å². The lowest BCUT2D eigenvalue weighted by molar-refractivity contribution is -0.125. The van der Waals surface area contributed by atoms with Crippen LogP contribution < -0.4 is 15.0 Å². The van der Waals surface area contributed by atoms with Gasteiger partial charge in [0.2, 0.25) is 5.91 Å². The summed E-state index contributed by atoms with van der Waals surface area (Å²) in [6.07, 6.45) is 5.07. The SMILES string of the molecule is Cc1ccc(Oc2nccnc2N2CCC[C@@H](C(=O)N[C@H](C)c3ccc(C)c(C)c3)C2)cc1. The maximum atomic E-state index is 13.1. The molecule has 1 saturated heterocycles. The van der Waals surface area contributed by atoms with Crippen molar-refractivity contribution in [3.63, 3.8) is 0 Å². The molecule has 0 saturated carbocycles. The number of amides is 1. The van der Waals surface area contributed by atoms with Crippen molar-refractivity contribution in [2.45, 2.75) is 46.6 Å². The van der Waals surface area contributed by atoms with Crippen LogP contribution in [0.5, 0.6) is 11.6 Å². The number of nitrogens with zero attached hydrogens (tertiary/aromatic N) is 3. The molecule has 33 heavy (non-hydrogen) atoms. The lowest BCUT2D eigenvalue weighted by atomic mass is 9.96. The molecular formula is C27H32N4O2. The Kier molecular flexibility index (Phi) is 6.92. The lowest BCUT2D eigenvalue weighted by Gasteiger charge is -2.33. The van der Waals surface area contributed by atoms with Crippen LogP contribution in [0.25, 0.3) is 0 Å². The maximum absolute atomic E-state index is 13.1. The third kappa shape index (κ3) is 5.51. The summed E-state index contributed by atoms with van der Waals surface area (Å²) in [5, 5.41) is 3.21. The van der Waals surface area contributed by atoms with Gasteiger partial charge in [0.05, 0.1) is 12.0 Å². The molecule has 4 rings (SSSR count). The van der Waals surface area contributed by atoms with Gasteiger partial charge < -0.3 is 15.0 Å². The van der Waals surface area contributed by atoms with E-state index in [2.05, 4.69) is 52.2 Å². The normalized spacial score (nSPS) is 16.8. The van der Waals surface area contributed by atoms with E-state index in [0.29, 0.717) is 18.2 Å². The van der Waals surface area contributed by atoms with Crippen molar-refractivity contribution < 1.29 is 9.53 Å². The highest BCUT2D eigenvalue weighted by Crippen LogP contribution is 2.31. The standard InChI is InChI=1S/C27H32N4O2/c1-18-7-11-24(12-8-18)33-27-25(28-13-14-29-27)31-15-5-6-23(17-31)26(32)30-21(4)22-10-9-19(2)20(3)16-22/h7-14,16,21,23H,5-6,15,17H2,1-4H3,(H,30,32)/t21-,23-/m1/s1. The number of benzene rings is 2. The van der Waals surface area contributed by atoms with E-state index in [4.69, 9.17) is 4.74 Å². The van der Waals surface area contributed by atoms with Crippen LogP contribution in [0.4, 0.5) is 5.82 Å². The smallest absolute Gasteiger partial charge is 0.263 e. The van der Waals surface area contributed by atoms with Gasteiger partial charge in [-0.05, 0) is 69.4 Å². The van der Waals surface area contributed by atoms with Crippen molar-refractivity contribution in [1.82, 2.24) is 15.3 Å². The van der Waals surface area contributed by atoms with Crippen LogP contribution in [-0.2, 0) is 4.79 Å². The second kappa shape index (κ2) is 10.0. The van der Waals surface area contributed by atoms with E-state index in [0.717, 1.165) is 30.7 Å². The monoisotopic (exact) mass is 444 g/mol. The van der Waals surface area contributed by atoms with Crippen molar-refractivity contribution in [2.75, 3.05) is 18.0 Å². The number of hydrogen-bond acceptors (Lipinski definition) is 5. The van der Waals surface area contributed by atoms with Crippen molar-refractivity contribution in [2.24, 2.45) is 5.92 Å². The summed E-state index contributed by atoms with van der Waals surface area (Å²) in [6, 6.07) is 14.2. The first-order valence-corrected chi connectivity index (χ1v) is 11.6. The molecule has 0 aliphatic carbocycles. The van der Waals surface area contributed by atoms with E-state index in [1.165, 1.54) is 16.7 Å². The largest absolute Gasteiger partial charge is 0.436 e. The molecule has 2 aromatic carbocycles. The van der Waals surface area contributed by atoms with Gasteiger partial charge in [-0.1, -0.05) is 35.9 Å². The van der Waals surface area contributed by atoms with Crippen LogP contribution in [0.2, 0.25) is 0 Å². The molecule has 1 aliphatic rings. The minimum Gasteiger partial charge on any atom is -0.436 e. The molecule has 1 fully saturated rings. The van der Waals surface area contributed by atoms with E-state index < -0.39 is 0 Å². The lowest BCUT2D eigenvalue weighted by Crippen LogP contribution is -2.44. The summed E-state index contributed by atoms with van der Waals surface area (Å²) in [5.74, 6) is 1.83. The number of aromatic nitrogens is 2. The van der Waals surface area contributed by atoms with Gasteiger partial charge in [-0.15, -0.1) is 0 Å². The number of rotatable bonds is 6. The quantitative estimate of drug-likeness (QED) is 0.560. The number of ether oxygens (including phenoxy) is 1. The summed E-state index contributed by atoms with van der Waals surface area (Å²) in [7, 11) is 0. The van der Waals surface area contributed by atoms with Crippen LogP contribution in [0.3, 0.4) is 0 Å². The molecular weight excluding hydrogens is 412 g/mol. The number of hydrogen-bond donors (Lipinski definition) is 1. The number of aryl methyl sites for hydroxylation is 3. The number of carbonyl (C=O) groups is 1. The number of nitrogens with one attached hydrogen (secondary N) is 1. The van der Waals surface area contributed by atoms with E-state index in [1.807, 2.05) is 38.1 Å². The third-order valence-electron chi connectivity index (χ3n) is 6.36. The maximum Gasteiger partial charge on any atom is 0.263 e. The van der Waals surface area contributed by atoms with E-state index >= 15 is 0 Å². The van der Waals surface area contributed by atoms with Gasteiger partial charge in [0, 0.05) is 25.5 Å². The fourth-order valence-corrected chi connectivity index (χ4v) is 4.16. The first-order valence-electron chi connectivity index (χ1n) is 11.6. The molecule has 2 atom stereocenters. The first-order chi connectivity index (χ1) is 15.9. The van der Waals surface area contributed by atoms with Crippen molar-refractivity contribution in [1.29, 1.82) is 0 Å². The number of piperidine rings is 1. The van der Waals surface area contributed by atoms with Crippen molar-refractivity contribution >= 4 is 11.7 Å². The molecule has 1 aliphatic heterocycles. The van der Waals surface area contributed by atoms with Crippen molar-refractivity contribution in [3.05, 3.63) is 77.1 Å².